The van der Waals surface area contributed by atoms with Gasteiger partial charge in [0.05, 0.1) is 13.1 Å². The van der Waals surface area contributed by atoms with Crippen LogP contribution in [0.2, 0.25) is 0 Å². The second-order valence-electron chi connectivity index (χ2n) is 2.47. The molecule has 7 heteroatoms. The van der Waals surface area contributed by atoms with Gasteiger partial charge >= 0.3 is 0 Å². The van der Waals surface area contributed by atoms with Crippen molar-refractivity contribution >= 4 is 0 Å². The second kappa shape index (κ2) is 3.76. The van der Waals surface area contributed by atoms with Gasteiger partial charge in [-0.2, -0.15) is 10.2 Å². The fraction of sp³-hybridized carbons (Fsp3) is 0.333. The molecule has 68 valence electrons. The van der Waals surface area contributed by atoms with Gasteiger partial charge in [-0.15, -0.1) is 0 Å². The van der Waals surface area contributed by atoms with E-state index in [-0.39, 0.29) is 0 Å². The van der Waals surface area contributed by atoms with Crippen molar-refractivity contribution in [1.29, 1.82) is 0 Å². The van der Waals surface area contributed by atoms with Crippen molar-refractivity contribution in [3.8, 4) is 0 Å². The Kier molecular flexibility index (Phi) is 2.28. The van der Waals surface area contributed by atoms with Crippen LogP contribution in [0.3, 0.4) is 0 Å². The van der Waals surface area contributed by atoms with E-state index in [1.807, 2.05) is 0 Å². The Morgan fingerprint density at radius 3 is 1.92 bits per heavy atom. The number of aromatic nitrogens is 6. The quantitative estimate of drug-likeness (QED) is 0.571. The van der Waals surface area contributed by atoms with Crippen LogP contribution < -0.4 is 5.32 Å². The molecule has 2 aromatic rings. The van der Waals surface area contributed by atoms with E-state index < -0.39 is 0 Å². The van der Waals surface area contributed by atoms with Crippen LogP contribution in [0.15, 0.2) is 12.7 Å². The van der Waals surface area contributed by atoms with Crippen molar-refractivity contribution in [3.05, 3.63) is 24.3 Å². The fourth-order valence-electron chi connectivity index (χ4n) is 0.931. The van der Waals surface area contributed by atoms with Gasteiger partial charge in [0.1, 0.15) is 24.3 Å². The Labute approximate surface area is 74.0 Å². The molecule has 13 heavy (non-hydrogen) atoms. The van der Waals surface area contributed by atoms with Crippen molar-refractivity contribution in [2.75, 3.05) is 0 Å². The lowest BCUT2D eigenvalue weighted by molar-refractivity contribution is 0.642. The fourth-order valence-corrected chi connectivity index (χ4v) is 0.931. The molecule has 0 amide bonds. The van der Waals surface area contributed by atoms with Crippen LogP contribution in [0.5, 0.6) is 0 Å². The first-order valence-electron chi connectivity index (χ1n) is 3.84. The van der Waals surface area contributed by atoms with Gasteiger partial charge in [-0.1, -0.05) is 0 Å². The number of hydrogen-bond donors (Lipinski definition) is 3. The van der Waals surface area contributed by atoms with Crippen LogP contribution >= 0.6 is 0 Å². The molecule has 0 unspecified atom stereocenters. The molecule has 0 bridgehead atoms. The smallest absolute Gasteiger partial charge is 0.138 e. The summed E-state index contributed by atoms with van der Waals surface area (Å²) in [5.74, 6) is 1.61. The Bertz CT molecular complexity index is 290. The van der Waals surface area contributed by atoms with Gasteiger partial charge in [0, 0.05) is 0 Å². The molecule has 0 aliphatic rings. The third-order valence-corrected chi connectivity index (χ3v) is 1.51. The summed E-state index contributed by atoms with van der Waals surface area (Å²) in [5, 5.41) is 16.1. The predicted molar refractivity (Wildman–Crippen MR) is 43.3 cm³/mol. The summed E-state index contributed by atoms with van der Waals surface area (Å²) in [6.45, 7) is 1.28. The van der Waals surface area contributed by atoms with Crippen LogP contribution in [0.25, 0.3) is 0 Å². The third kappa shape index (κ3) is 2.09. The van der Waals surface area contributed by atoms with Crippen LogP contribution in [-0.2, 0) is 13.1 Å². The summed E-state index contributed by atoms with van der Waals surface area (Å²) in [7, 11) is 0. The highest BCUT2D eigenvalue weighted by molar-refractivity contribution is 4.82. The molecule has 7 nitrogen and oxygen atoms in total. The molecule has 2 aromatic heterocycles. The molecule has 2 rings (SSSR count). The summed E-state index contributed by atoms with van der Waals surface area (Å²) in [6.07, 6.45) is 2.96. The van der Waals surface area contributed by atoms with Crippen molar-refractivity contribution < 1.29 is 0 Å². The SMILES string of the molecule is c1n[nH]c(CNCc2ncn[nH]2)n1. The Morgan fingerprint density at radius 2 is 1.54 bits per heavy atom. The van der Waals surface area contributed by atoms with E-state index in [4.69, 9.17) is 0 Å². The summed E-state index contributed by atoms with van der Waals surface area (Å²) >= 11 is 0. The topological polar surface area (TPSA) is 95.2 Å². The van der Waals surface area contributed by atoms with E-state index in [2.05, 4.69) is 35.7 Å². The maximum Gasteiger partial charge on any atom is 0.138 e. The van der Waals surface area contributed by atoms with Crippen molar-refractivity contribution in [2.45, 2.75) is 13.1 Å². The van der Waals surface area contributed by atoms with Gasteiger partial charge in [0.15, 0.2) is 0 Å². The zero-order chi connectivity index (χ0) is 8.93. The van der Waals surface area contributed by atoms with E-state index in [9.17, 15) is 0 Å². The van der Waals surface area contributed by atoms with Gasteiger partial charge in [-0.05, 0) is 0 Å². The molecule has 0 radical (unpaired) electrons. The number of aromatic amines is 2. The first-order valence-corrected chi connectivity index (χ1v) is 3.84. The molecule has 0 aliphatic carbocycles. The lowest BCUT2D eigenvalue weighted by atomic mass is 10.5. The molecule has 0 atom stereocenters. The highest BCUT2D eigenvalue weighted by atomic mass is 15.2. The zero-order valence-electron chi connectivity index (χ0n) is 6.86. The van der Waals surface area contributed by atoms with E-state index in [1.165, 1.54) is 12.7 Å². The van der Waals surface area contributed by atoms with Crippen LogP contribution in [0.1, 0.15) is 11.6 Å². The monoisotopic (exact) mass is 179 g/mol. The molecule has 0 spiro atoms. The average molecular weight is 179 g/mol. The lowest BCUT2D eigenvalue weighted by Gasteiger charge is -1.97. The molecule has 0 fully saturated rings. The highest BCUT2D eigenvalue weighted by Gasteiger charge is 1.96. The first-order chi connectivity index (χ1) is 6.45. The maximum atomic E-state index is 3.96. The van der Waals surface area contributed by atoms with Crippen LogP contribution in [-0.4, -0.2) is 30.4 Å². The summed E-state index contributed by atoms with van der Waals surface area (Å²) < 4.78 is 0. The molecular weight excluding hydrogens is 170 g/mol. The Hall–Kier alpha value is -1.76. The summed E-state index contributed by atoms with van der Waals surface area (Å²) in [6, 6.07) is 0. The number of H-pyrrole nitrogens is 2. The molecule has 0 saturated heterocycles. The van der Waals surface area contributed by atoms with E-state index in [0.29, 0.717) is 13.1 Å². The van der Waals surface area contributed by atoms with Gasteiger partial charge in [-0.25, -0.2) is 9.97 Å². The van der Waals surface area contributed by atoms with E-state index in [0.717, 1.165) is 11.6 Å². The molecule has 0 saturated carbocycles. The van der Waals surface area contributed by atoms with Crippen LogP contribution in [0, 0.1) is 0 Å². The standard InChI is InChI=1S/C6H9N7/c1(5-8-3-10-12-5)7-2-6-9-4-11-13-6/h3-4,7H,1-2H2,(H,8,10,12)(H,9,11,13). The minimum Gasteiger partial charge on any atom is -0.303 e. The van der Waals surface area contributed by atoms with E-state index in [1.54, 1.807) is 0 Å². The van der Waals surface area contributed by atoms with Gasteiger partial charge < -0.3 is 5.32 Å². The van der Waals surface area contributed by atoms with Gasteiger partial charge in [0.25, 0.3) is 0 Å². The number of nitrogens with one attached hydrogen (secondary N) is 3. The molecule has 2 heterocycles. The van der Waals surface area contributed by atoms with Gasteiger partial charge in [-0.3, -0.25) is 10.2 Å². The predicted octanol–water partition coefficient (Wildman–Crippen LogP) is -0.787. The highest BCUT2D eigenvalue weighted by Crippen LogP contribution is 1.87. The zero-order valence-corrected chi connectivity index (χ0v) is 6.86. The second-order valence-corrected chi connectivity index (χ2v) is 2.47. The van der Waals surface area contributed by atoms with Gasteiger partial charge in [0.2, 0.25) is 0 Å². The number of nitrogens with zero attached hydrogens (tertiary/aromatic N) is 4. The van der Waals surface area contributed by atoms with Crippen molar-refractivity contribution in [1.82, 2.24) is 35.7 Å². The first kappa shape index (κ1) is 7.87. The molecule has 0 aliphatic heterocycles. The Balaban J connectivity index is 1.76. The maximum absolute atomic E-state index is 3.96. The normalized spacial score (nSPS) is 10.5. The largest absolute Gasteiger partial charge is 0.303 e. The summed E-state index contributed by atoms with van der Waals surface area (Å²) in [5.41, 5.74) is 0. The Morgan fingerprint density at radius 1 is 1.00 bits per heavy atom. The number of hydrogen-bond acceptors (Lipinski definition) is 5. The third-order valence-electron chi connectivity index (χ3n) is 1.51. The minimum atomic E-state index is 0.640. The molecular formula is C6H9N7. The lowest BCUT2D eigenvalue weighted by Crippen LogP contribution is -2.14. The van der Waals surface area contributed by atoms with Crippen molar-refractivity contribution in [3.63, 3.8) is 0 Å². The number of rotatable bonds is 4. The average Bonchev–Trinajstić information content (AvgIpc) is 2.75. The van der Waals surface area contributed by atoms with Crippen LogP contribution in [0.4, 0.5) is 0 Å². The molecule has 3 N–H and O–H groups in total. The minimum absolute atomic E-state index is 0.640. The van der Waals surface area contributed by atoms with E-state index >= 15 is 0 Å². The summed E-state index contributed by atoms with van der Waals surface area (Å²) in [4.78, 5) is 7.92. The molecule has 0 aromatic carbocycles. The van der Waals surface area contributed by atoms with Crippen molar-refractivity contribution in [2.24, 2.45) is 0 Å².